The van der Waals surface area contributed by atoms with Crippen LogP contribution in [0.2, 0.25) is 0 Å². The van der Waals surface area contributed by atoms with Gasteiger partial charge in [0.05, 0.1) is 6.21 Å². The molecule has 0 bridgehead atoms. The Morgan fingerprint density at radius 3 is 2.21 bits per heavy atom. The Hall–Kier alpha value is -3.25. The van der Waals surface area contributed by atoms with Crippen molar-refractivity contribution in [2.45, 2.75) is 27.7 Å². The molecule has 0 aliphatic heterocycles. The van der Waals surface area contributed by atoms with Crippen LogP contribution in [0.15, 0.2) is 59.7 Å². The summed E-state index contributed by atoms with van der Waals surface area (Å²) in [6.45, 7) is 8.36. The zero-order valence-electron chi connectivity index (χ0n) is 17.0. The van der Waals surface area contributed by atoms with Crippen LogP contribution in [0.1, 0.15) is 28.1 Å². The van der Waals surface area contributed by atoms with Gasteiger partial charge in [-0.3, -0.25) is 0 Å². The summed E-state index contributed by atoms with van der Waals surface area (Å²) in [6, 6.07) is 18.8. The van der Waals surface area contributed by atoms with Gasteiger partial charge in [0.1, 0.15) is 0 Å². The molecule has 2 aromatic heterocycles. The van der Waals surface area contributed by atoms with E-state index in [1.54, 1.807) is 4.68 Å². The van der Waals surface area contributed by atoms with Crippen LogP contribution in [0.4, 0.5) is 0 Å². The summed E-state index contributed by atoms with van der Waals surface area (Å²) in [7, 11) is 0. The molecule has 146 valence electrons. The number of H-pyrrole nitrogens is 1. The van der Waals surface area contributed by atoms with E-state index in [-0.39, 0.29) is 0 Å². The van der Waals surface area contributed by atoms with E-state index in [1.165, 1.54) is 11.1 Å². The summed E-state index contributed by atoms with van der Waals surface area (Å²) in [6.07, 6.45) is 1.84. The molecule has 0 amide bonds. The molecule has 0 radical (unpaired) electrons. The van der Waals surface area contributed by atoms with Gasteiger partial charge in [0, 0.05) is 28.2 Å². The van der Waals surface area contributed by atoms with Crippen LogP contribution < -0.4 is 0 Å². The number of hydrogen-bond donors (Lipinski definition) is 1. The molecule has 4 rings (SSSR count). The topological polar surface area (TPSA) is 50.9 Å². The van der Waals surface area contributed by atoms with E-state index < -0.39 is 0 Å². The second kappa shape index (κ2) is 7.64. The van der Waals surface area contributed by atoms with Crippen molar-refractivity contribution in [2.75, 3.05) is 0 Å². The molecule has 6 heteroatoms. The molecule has 2 heterocycles. The summed E-state index contributed by atoms with van der Waals surface area (Å²) >= 11 is 5.39. The SMILES string of the molecule is Cc1ccc(-c2n[nH]c(=S)n2/N=C/c2cc(C)n(-c3ccc(C)cc3)c2C)cc1. The second-order valence-electron chi connectivity index (χ2n) is 7.27. The zero-order chi connectivity index (χ0) is 20.5. The Morgan fingerprint density at radius 1 is 0.931 bits per heavy atom. The van der Waals surface area contributed by atoms with Gasteiger partial charge >= 0.3 is 0 Å². The van der Waals surface area contributed by atoms with Gasteiger partial charge in [-0.25, -0.2) is 5.10 Å². The van der Waals surface area contributed by atoms with Crippen LogP contribution in [0, 0.1) is 32.5 Å². The first-order chi connectivity index (χ1) is 13.9. The van der Waals surface area contributed by atoms with Gasteiger partial charge in [0.15, 0.2) is 5.82 Å². The molecule has 0 spiro atoms. The van der Waals surface area contributed by atoms with E-state index in [1.807, 2.05) is 18.3 Å². The van der Waals surface area contributed by atoms with Crippen LogP contribution in [0.25, 0.3) is 17.1 Å². The molecule has 5 nitrogen and oxygen atoms in total. The molecular formula is C23H23N5S. The van der Waals surface area contributed by atoms with Crippen molar-refractivity contribution < 1.29 is 0 Å². The Balaban J connectivity index is 1.72. The fourth-order valence-electron chi connectivity index (χ4n) is 3.42. The first-order valence-electron chi connectivity index (χ1n) is 9.49. The van der Waals surface area contributed by atoms with Crippen molar-refractivity contribution in [3.63, 3.8) is 0 Å². The maximum absolute atomic E-state index is 5.39. The quantitative estimate of drug-likeness (QED) is 0.362. The lowest BCUT2D eigenvalue weighted by atomic mass is 10.1. The molecule has 0 aliphatic carbocycles. The van der Waals surface area contributed by atoms with Crippen LogP contribution in [-0.4, -0.2) is 25.7 Å². The first-order valence-corrected chi connectivity index (χ1v) is 9.89. The van der Waals surface area contributed by atoms with Gasteiger partial charge in [0.25, 0.3) is 0 Å². The highest BCUT2D eigenvalue weighted by Gasteiger charge is 2.11. The van der Waals surface area contributed by atoms with Gasteiger partial charge in [-0.15, -0.1) is 0 Å². The number of benzene rings is 2. The van der Waals surface area contributed by atoms with Crippen molar-refractivity contribution in [3.05, 3.63) is 87.4 Å². The number of nitrogens with one attached hydrogen (secondary N) is 1. The minimum atomic E-state index is 0.462. The number of aromatic nitrogens is 4. The molecule has 29 heavy (non-hydrogen) atoms. The number of aryl methyl sites for hydroxylation is 3. The van der Waals surface area contributed by atoms with Crippen molar-refractivity contribution in [3.8, 4) is 17.1 Å². The highest BCUT2D eigenvalue weighted by atomic mass is 32.1. The van der Waals surface area contributed by atoms with E-state index in [9.17, 15) is 0 Å². The average molecular weight is 402 g/mol. The Kier molecular flexibility index (Phi) is 5.03. The standard InChI is InChI=1S/C23H23N5S/c1-15-5-9-19(10-6-15)22-25-26-23(29)28(22)24-14-20-13-17(3)27(18(20)4)21-11-7-16(2)8-12-21/h5-14H,1-4H3,(H,26,29)/b24-14+. The van der Waals surface area contributed by atoms with Crippen LogP contribution in [0.3, 0.4) is 0 Å². The van der Waals surface area contributed by atoms with Gasteiger partial charge in [-0.2, -0.15) is 14.9 Å². The number of hydrogen-bond acceptors (Lipinski definition) is 3. The minimum absolute atomic E-state index is 0.462. The first kappa shape index (κ1) is 19.1. The molecule has 0 fully saturated rings. The normalized spacial score (nSPS) is 11.4. The molecule has 0 aliphatic rings. The highest BCUT2D eigenvalue weighted by molar-refractivity contribution is 7.71. The third-order valence-corrected chi connectivity index (χ3v) is 5.30. The monoisotopic (exact) mass is 401 g/mol. The lowest BCUT2D eigenvalue weighted by Gasteiger charge is -2.09. The molecule has 0 saturated heterocycles. The molecule has 0 atom stereocenters. The van der Waals surface area contributed by atoms with Gasteiger partial charge in [0.2, 0.25) is 4.77 Å². The number of rotatable bonds is 4. The Labute approximate surface area is 175 Å². The van der Waals surface area contributed by atoms with E-state index in [0.29, 0.717) is 10.6 Å². The minimum Gasteiger partial charge on any atom is -0.318 e. The molecule has 0 saturated carbocycles. The third-order valence-electron chi connectivity index (χ3n) is 5.03. The Bertz CT molecular complexity index is 1240. The van der Waals surface area contributed by atoms with E-state index >= 15 is 0 Å². The zero-order valence-corrected chi connectivity index (χ0v) is 17.8. The third kappa shape index (κ3) is 3.71. The van der Waals surface area contributed by atoms with Crippen molar-refractivity contribution in [1.29, 1.82) is 0 Å². The molecule has 1 N–H and O–H groups in total. The summed E-state index contributed by atoms with van der Waals surface area (Å²) in [5.74, 6) is 0.693. The molecule has 2 aromatic carbocycles. The lowest BCUT2D eigenvalue weighted by Crippen LogP contribution is -2.00. The van der Waals surface area contributed by atoms with E-state index in [4.69, 9.17) is 12.2 Å². The summed E-state index contributed by atoms with van der Waals surface area (Å²) in [5, 5.41) is 11.8. The maximum atomic E-state index is 5.39. The van der Waals surface area contributed by atoms with Crippen LogP contribution in [0.5, 0.6) is 0 Å². The van der Waals surface area contributed by atoms with Crippen molar-refractivity contribution >= 4 is 18.4 Å². The smallest absolute Gasteiger partial charge is 0.216 e. The van der Waals surface area contributed by atoms with Gasteiger partial charge in [-0.05, 0) is 58.1 Å². The number of aromatic amines is 1. The summed E-state index contributed by atoms with van der Waals surface area (Å²) in [5.41, 5.74) is 7.87. The predicted molar refractivity (Wildman–Crippen MR) is 121 cm³/mol. The maximum Gasteiger partial charge on any atom is 0.216 e. The van der Waals surface area contributed by atoms with E-state index in [0.717, 1.165) is 28.2 Å². The van der Waals surface area contributed by atoms with E-state index in [2.05, 4.69) is 90.0 Å². The van der Waals surface area contributed by atoms with Crippen LogP contribution in [-0.2, 0) is 0 Å². The Morgan fingerprint density at radius 2 is 1.55 bits per heavy atom. The van der Waals surface area contributed by atoms with Gasteiger partial charge in [-0.1, -0.05) is 47.5 Å². The average Bonchev–Trinajstić information content (AvgIpc) is 3.20. The van der Waals surface area contributed by atoms with Crippen LogP contribution >= 0.6 is 12.2 Å². The highest BCUT2D eigenvalue weighted by Crippen LogP contribution is 2.21. The number of nitrogens with zero attached hydrogens (tertiary/aromatic N) is 4. The van der Waals surface area contributed by atoms with Crippen molar-refractivity contribution in [2.24, 2.45) is 5.10 Å². The molecule has 4 aromatic rings. The van der Waals surface area contributed by atoms with Crippen molar-refractivity contribution in [1.82, 2.24) is 19.4 Å². The predicted octanol–water partition coefficient (Wildman–Crippen LogP) is 5.51. The summed E-state index contributed by atoms with van der Waals surface area (Å²) < 4.78 is 4.36. The van der Waals surface area contributed by atoms with Gasteiger partial charge < -0.3 is 4.57 Å². The largest absolute Gasteiger partial charge is 0.318 e. The molecular weight excluding hydrogens is 378 g/mol. The lowest BCUT2D eigenvalue weighted by molar-refractivity contribution is 0.871. The second-order valence-corrected chi connectivity index (χ2v) is 7.66. The fraction of sp³-hybridized carbons (Fsp3) is 0.174. The fourth-order valence-corrected chi connectivity index (χ4v) is 3.60. The molecule has 0 unspecified atom stereocenters. The summed E-state index contributed by atoms with van der Waals surface area (Å²) in [4.78, 5) is 0.